The van der Waals surface area contributed by atoms with Crippen LogP contribution in [0, 0.1) is 0 Å². The highest BCUT2D eigenvalue weighted by Gasteiger charge is 2.27. The lowest BCUT2D eigenvalue weighted by molar-refractivity contribution is -0.136. The van der Waals surface area contributed by atoms with Gasteiger partial charge in [-0.2, -0.15) is 0 Å². The number of benzene rings is 2. The highest BCUT2D eigenvalue weighted by Crippen LogP contribution is 2.36. The van der Waals surface area contributed by atoms with E-state index in [1.54, 1.807) is 0 Å². The molecule has 1 N–H and O–H groups in total. The molecule has 6 nitrogen and oxygen atoms in total. The molecule has 7 heteroatoms. The Balaban J connectivity index is 2.01. The molecular weight excluding hydrogens is 384 g/mol. The number of rotatable bonds is 9. The molecule has 0 radical (unpaired) electrons. The van der Waals surface area contributed by atoms with E-state index in [9.17, 15) is 9.90 Å². The second-order valence-electron chi connectivity index (χ2n) is 7.05. The number of hydrogen-bond donors (Lipinski definition) is 1. The van der Waals surface area contributed by atoms with Crippen molar-refractivity contribution >= 4 is 17.7 Å². The van der Waals surface area contributed by atoms with Gasteiger partial charge in [0.15, 0.2) is 11.0 Å². The molecule has 0 saturated carbocycles. The first-order valence-corrected chi connectivity index (χ1v) is 10.5. The van der Waals surface area contributed by atoms with Crippen molar-refractivity contribution in [3.05, 3.63) is 77.6 Å². The number of carboxylic acid groups (broad SMARTS) is 1. The van der Waals surface area contributed by atoms with Gasteiger partial charge >= 0.3 is 5.97 Å². The van der Waals surface area contributed by atoms with Gasteiger partial charge in [-0.25, -0.2) is 0 Å². The summed E-state index contributed by atoms with van der Waals surface area (Å²) in [7, 11) is 4.04. The number of thioether (sulfide) groups is 1. The molecule has 0 amide bonds. The molecule has 0 fully saturated rings. The SMILES string of the molecule is CC[C@@H](c1nnc(S[C@H](C(=O)O)c2ccccc2)n1Cc1ccccc1)N(C)C. The van der Waals surface area contributed by atoms with Gasteiger partial charge in [0, 0.05) is 0 Å². The molecule has 3 aromatic rings. The average molecular weight is 411 g/mol. The Hall–Kier alpha value is -2.64. The predicted molar refractivity (Wildman–Crippen MR) is 115 cm³/mol. The maximum atomic E-state index is 12.0. The summed E-state index contributed by atoms with van der Waals surface area (Å²) in [6.45, 7) is 2.71. The van der Waals surface area contributed by atoms with Crippen LogP contribution in [0.2, 0.25) is 0 Å². The Morgan fingerprint density at radius 3 is 2.24 bits per heavy atom. The molecule has 2 atom stereocenters. The molecule has 0 saturated heterocycles. The number of aromatic nitrogens is 3. The van der Waals surface area contributed by atoms with Crippen LogP contribution in [0.25, 0.3) is 0 Å². The Morgan fingerprint density at radius 2 is 1.69 bits per heavy atom. The quantitative estimate of drug-likeness (QED) is 0.532. The van der Waals surface area contributed by atoms with Crippen LogP contribution >= 0.6 is 11.8 Å². The fourth-order valence-electron chi connectivity index (χ4n) is 3.32. The summed E-state index contributed by atoms with van der Waals surface area (Å²) in [6.07, 6.45) is 0.881. The van der Waals surface area contributed by atoms with Gasteiger partial charge in [0.25, 0.3) is 0 Å². The van der Waals surface area contributed by atoms with Crippen molar-refractivity contribution in [2.45, 2.75) is 36.3 Å². The lowest BCUT2D eigenvalue weighted by Gasteiger charge is -2.23. The number of hydrogen-bond acceptors (Lipinski definition) is 5. The van der Waals surface area contributed by atoms with E-state index < -0.39 is 11.2 Å². The Bertz CT molecular complexity index is 929. The Kier molecular flexibility index (Phi) is 7.06. The number of carbonyl (C=O) groups is 1. The summed E-state index contributed by atoms with van der Waals surface area (Å²) < 4.78 is 2.05. The molecule has 0 aliphatic rings. The third-order valence-corrected chi connectivity index (χ3v) is 6.01. The van der Waals surface area contributed by atoms with Crippen molar-refractivity contribution in [2.24, 2.45) is 0 Å². The highest BCUT2D eigenvalue weighted by molar-refractivity contribution is 8.00. The lowest BCUT2D eigenvalue weighted by atomic mass is 10.1. The van der Waals surface area contributed by atoms with Gasteiger partial charge in [-0.05, 0) is 31.6 Å². The third-order valence-electron chi connectivity index (χ3n) is 4.79. The lowest BCUT2D eigenvalue weighted by Crippen LogP contribution is -2.23. The molecule has 0 aliphatic carbocycles. The van der Waals surface area contributed by atoms with Gasteiger partial charge in [-0.1, -0.05) is 79.3 Å². The summed E-state index contributed by atoms with van der Waals surface area (Å²) in [4.78, 5) is 14.1. The summed E-state index contributed by atoms with van der Waals surface area (Å²) in [5, 5.41) is 18.6. The van der Waals surface area contributed by atoms with E-state index in [0.717, 1.165) is 23.4 Å². The van der Waals surface area contributed by atoms with Crippen LogP contribution in [0.3, 0.4) is 0 Å². The summed E-state index contributed by atoms with van der Waals surface area (Å²) in [6, 6.07) is 19.4. The van der Waals surface area contributed by atoms with Gasteiger partial charge in [0.1, 0.15) is 5.25 Å². The van der Waals surface area contributed by atoms with Crippen LogP contribution in [-0.2, 0) is 11.3 Å². The van der Waals surface area contributed by atoms with Crippen LogP contribution in [0.4, 0.5) is 0 Å². The molecule has 0 aliphatic heterocycles. The second kappa shape index (κ2) is 9.71. The van der Waals surface area contributed by atoms with Crippen molar-refractivity contribution in [3.63, 3.8) is 0 Å². The molecule has 152 valence electrons. The summed E-state index contributed by atoms with van der Waals surface area (Å²) >= 11 is 1.23. The zero-order valence-corrected chi connectivity index (χ0v) is 17.7. The number of nitrogens with zero attached hydrogens (tertiary/aromatic N) is 4. The second-order valence-corrected chi connectivity index (χ2v) is 8.12. The molecule has 0 unspecified atom stereocenters. The van der Waals surface area contributed by atoms with Crippen molar-refractivity contribution in [2.75, 3.05) is 14.1 Å². The van der Waals surface area contributed by atoms with Crippen LogP contribution in [0.5, 0.6) is 0 Å². The minimum atomic E-state index is -0.892. The highest BCUT2D eigenvalue weighted by atomic mass is 32.2. The number of aliphatic carboxylic acids is 1. The average Bonchev–Trinajstić information content (AvgIpc) is 3.09. The van der Waals surface area contributed by atoms with E-state index in [2.05, 4.69) is 34.2 Å². The molecule has 1 heterocycles. The van der Waals surface area contributed by atoms with E-state index in [4.69, 9.17) is 0 Å². The summed E-state index contributed by atoms with van der Waals surface area (Å²) in [5.41, 5.74) is 1.86. The molecule has 2 aromatic carbocycles. The maximum Gasteiger partial charge on any atom is 0.321 e. The van der Waals surface area contributed by atoms with Crippen LogP contribution in [-0.4, -0.2) is 44.8 Å². The molecule has 1 aromatic heterocycles. The normalized spacial score (nSPS) is 13.4. The Morgan fingerprint density at radius 1 is 1.07 bits per heavy atom. The van der Waals surface area contributed by atoms with Crippen LogP contribution < -0.4 is 0 Å². The van der Waals surface area contributed by atoms with Gasteiger partial charge in [0.2, 0.25) is 0 Å². The largest absolute Gasteiger partial charge is 0.480 e. The zero-order chi connectivity index (χ0) is 20.8. The van der Waals surface area contributed by atoms with Gasteiger partial charge in [-0.3, -0.25) is 9.69 Å². The van der Waals surface area contributed by atoms with E-state index in [1.165, 1.54) is 11.8 Å². The molecule has 29 heavy (non-hydrogen) atoms. The van der Waals surface area contributed by atoms with E-state index in [1.807, 2.05) is 67.2 Å². The number of carboxylic acids is 1. The van der Waals surface area contributed by atoms with E-state index >= 15 is 0 Å². The van der Waals surface area contributed by atoms with Crippen molar-refractivity contribution in [3.8, 4) is 0 Å². The fourth-order valence-corrected chi connectivity index (χ4v) is 4.30. The monoisotopic (exact) mass is 410 g/mol. The third kappa shape index (κ3) is 5.05. The van der Waals surface area contributed by atoms with Gasteiger partial charge < -0.3 is 9.67 Å². The smallest absolute Gasteiger partial charge is 0.321 e. The first-order valence-electron chi connectivity index (χ1n) is 9.59. The van der Waals surface area contributed by atoms with E-state index in [-0.39, 0.29) is 6.04 Å². The fraction of sp³-hybridized carbons (Fsp3) is 0.318. The molecular formula is C22H26N4O2S. The first-order chi connectivity index (χ1) is 14.0. The zero-order valence-electron chi connectivity index (χ0n) is 16.9. The van der Waals surface area contributed by atoms with Crippen LogP contribution in [0.1, 0.15) is 41.6 Å². The molecule has 0 bridgehead atoms. The maximum absolute atomic E-state index is 12.0. The van der Waals surface area contributed by atoms with Gasteiger partial charge in [-0.15, -0.1) is 10.2 Å². The van der Waals surface area contributed by atoms with Crippen molar-refractivity contribution < 1.29 is 9.90 Å². The summed E-state index contributed by atoms with van der Waals surface area (Å²) in [5.74, 6) is -0.0438. The minimum absolute atomic E-state index is 0.0977. The molecule has 0 spiro atoms. The first kappa shape index (κ1) is 21.1. The minimum Gasteiger partial charge on any atom is -0.480 e. The standard InChI is InChI=1S/C22H26N4O2S/c1-4-18(25(2)3)20-23-24-22(26(20)15-16-11-7-5-8-12-16)29-19(21(27)28)17-13-9-6-10-14-17/h5-14,18-19H,4,15H2,1-3H3,(H,27,28)/t18-,19-/m0/s1. The topological polar surface area (TPSA) is 71.2 Å². The Labute approximate surface area is 175 Å². The van der Waals surface area contributed by atoms with Gasteiger partial charge in [0.05, 0.1) is 12.6 Å². The molecule has 3 rings (SSSR count). The van der Waals surface area contributed by atoms with E-state index in [0.29, 0.717) is 11.7 Å². The van der Waals surface area contributed by atoms with Crippen molar-refractivity contribution in [1.82, 2.24) is 19.7 Å². The predicted octanol–water partition coefficient (Wildman–Crippen LogP) is 4.26. The van der Waals surface area contributed by atoms with Crippen molar-refractivity contribution in [1.29, 1.82) is 0 Å². The van der Waals surface area contributed by atoms with Crippen LogP contribution in [0.15, 0.2) is 65.8 Å².